The van der Waals surface area contributed by atoms with Gasteiger partial charge >= 0.3 is 0 Å². The van der Waals surface area contributed by atoms with E-state index < -0.39 is 27.8 Å². The smallest absolute Gasteiger partial charge is 0.194 e. The topological polar surface area (TPSA) is 38.7 Å². The molecule has 1 N–H and O–H groups in total. The molecule has 0 spiro atoms. The second-order valence-electron chi connectivity index (χ2n) is 15.5. The van der Waals surface area contributed by atoms with E-state index in [2.05, 4.69) is 100.0 Å². The van der Waals surface area contributed by atoms with Crippen LogP contribution in [-0.2, 0) is 8.85 Å². The summed E-state index contributed by atoms with van der Waals surface area (Å²) in [6.07, 6.45) is 7.53. The summed E-state index contributed by atoms with van der Waals surface area (Å²) in [5.74, 6) is 8.94. The maximum Gasteiger partial charge on any atom is 0.194 e. The van der Waals surface area contributed by atoms with Gasteiger partial charge in [-0.2, -0.15) is 0 Å². The van der Waals surface area contributed by atoms with E-state index in [4.69, 9.17) is 8.85 Å². The third-order valence-corrected chi connectivity index (χ3v) is 20.2. The van der Waals surface area contributed by atoms with Gasteiger partial charge < -0.3 is 14.0 Å². The van der Waals surface area contributed by atoms with Crippen LogP contribution in [0.1, 0.15) is 87.5 Å². The first-order valence-corrected chi connectivity index (χ1v) is 20.3. The minimum absolute atomic E-state index is 0.120. The number of hydrogen-bond acceptors (Lipinski definition) is 3. The summed E-state index contributed by atoms with van der Waals surface area (Å²) in [5, 5.41) is 11.6. The minimum atomic E-state index is -1.99. The molecule has 0 radical (unpaired) electrons. The summed E-state index contributed by atoms with van der Waals surface area (Å²) >= 11 is 0. The van der Waals surface area contributed by atoms with Gasteiger partial charge in [-0.15, -0.1) is 6.58 Å². The van der Waals surface area contributed by atoms with E-state index >= 15 is 0 Å². The molecule has 7 atom stereocenters. The van der Waals surface area contributed by atoms with E-state index in [0.29, 0.717) is 11.8 Å². The van der Waals surface area contributed by atoms with Crippen molar-refractivity contribution in [3.63, 3.8) is 0 Å². The van der Waals surface area contributed by atoms with Crippen LogP contribution in [0.5, 0.6) is 0 Å². The van der Waals surface area contributed by atoms with Gasteiger partial charge in [-0.3, -0.25) is 0 Å². The van der Waals surface area contributed by atoms with Crippen molar-refractivity contribution < 1.29 is 14.0 Å². The van der Waals surface area contributed by atoms with E-state index in [1.807, 2.05) is 0 Å². The second-order valence-corrected chi connectivity index (χ2v) is 24.9. The Hall–Kier alpha value is -0.386. The van der Waals surface area contributed by atoms with Crippen molar-refractivity contribution >= 4 is 16.6 Å². The average Bonchev–Trinajstić information content (AvgIpc) is 2.67. The lowest BCUT2D eigenvalue weighted by molar-refractivity contribution is -0.199. The molecule has 0 aromatic heterocycles. The summed E-state index contributed by atoms with van der Waals surface area (Å²) in [5.41, 5.74) is -1.20. The van der Waals surface area contributed by atoms with Gasteiger partial charge in [0.2, 0.25) is 0 Å². The van der Waals surface area contributed by atoms with Crippen LogP contribution in [0.3, 0.4) is 0 Å². The first-order valence-electron chi connectivity index (χ1n) is 14.5. The highest BCUT2D eigenvalue weighted by molar-refractivity contribution is 6.74. The van der Waals surface area contributed by atoms with Crippen LogP contribution in [-0.4, -0.2) is 39.0 Å². The van der Waals surface area contributed by atoms with Crippen molar-refractivity contribution in [2.75, 3.05) is 0 Å². The van der Waals surface area contributed by atoms with Crippen LogP contribution >= 0.6 is 0 Å². The molecule has 5 heteroatoms. The summed E-state index contributed by atoms with van der Waals surface area (Å²) < 4.78 is 14.2. The molecule has 3 saturated carbocycles. The molecule has 0 heterocycles. The Bertz CT molecular complexity index is 882. The third kappa shape index (κ3) is 5.24. The zero-order chi connectivity index (χ0) is 27.5. The first kappa shape index (κ1) is 30.2. The number of hydrogen-bond donors (Lipinski definition) is 1. The number of fused-ring (bicyclic) bond motifs is 1. The van der Waals surface area contributed by atoms with Crippen LogP contribution in [0.2, 0.25) is 36.3 Å². The van der Waals surface area contributed by atoms with Crippen molar-refractivity contribution in [3.05, 3.63) is 12.7 Å². The highest BCUT2D eigenvalue weighted by atomic mass is 28.4. The lowest BCUT2D eigenvalue weighted by Crippen LogP contribution is -2.66. The number of rotatable bonds is 6. The zero-order valence-corrected chi connectivity index (χ0v) is 27.5. The largest absolute Gasteiger partial charge is 0.413 e. The molecular weight excluding hydrogens is 477 g/mol. The Kier molecular flexibility index (Phi) is 8.10. The molecule has 0 aliphatic heterocycles. The average molecular weight is 533 g/mol. The fraction of sp³-hybridized carbons (Fsp3) is 0.871. The Morgan fingerprint density at radius 2 is 1.47 bits per heavy atom. The molecule has 206 valence electrons. The van der Waals surface area contributed by atoms with Crippen LogP contribution in [0, 0.1) is 41.4 Å². The van der Waals surface area contributed by atoms with Crippen molar-refractivity contribution in [1.29, 1.82) is 0 Å². The molecule has 0 aromatic rings. The lowest BCUT2D eigenvalue weighted by Gasteiger charge is -2.62. The molecule has 3 aliphatic rings. The molecule has 2 unspecified atom stereocenters. The van der Waals surface area contributed by atoms with Gasteiger partial charge in [0, 0.05) is 5.92 Å². The maximum atomic E-state index is 11.3. The fourth-order valence-electron chi connectivity index (χ4n) is 6.23. The SMILES string of the molecule is C=CC1(O)C(C)[C@H]2[C@H](C#C[C@@](C)(O[Si](C)(C)C(C)(C)C)C3CCC3)[C@@H](O[Si](C)(C)C(C)(C)C)CC[C@H]21. The maximum absolute atomic E-state index is 11.3. The standard InChI is InChI=1S/C31H56O3Si2/c1-14-31(32)22(2)27-24(26(19-18-25(27)31)33-35(10,11)28(3,4)5)20-21-30(9,23-16-15-17-23)34-36(12,13)29(6,7)8/h14,22-27,32H,1,15-19H2,2-13H3/t22?,24-,25-,26+,27+,30-,31?/m1/s1. The van der Waals surface area contributed by atoms with Crippen molar-refractivity contribution in [3.8, 4) is 11.8 Å². The summed E-state index contributed by atoms with van der Waals surface area (Å²) in [6, 6.07) is 0. The van der Waals surface area contributed by atoms with Crippen LogP contribution in [0.4, 0.5) is 0 Å². The number of aliphatic hydroxyl groups is 1. The second kappa shape index (κ2) is 9.66. The molecular formula is C31H56O3Si2. The van der Waals surface area contributed by atoms with Gasteiger partial charge in [0.25, 0.3) is 0 Å². The Morgan fingerprint density at radius 1 is 0.917 bits per heavy atom. The quantitative estimate of drug-likeness (QED) is 0.213. The monoisotopic (exact) mass is 532 g/mol. The normalized spacial score (nSPS) is 35.4. The highest BCUT2D eigenvalue weighted by Gasteiger charge is 2.63. The van der Waals surface area contributed by atoms with Crippen LogP contribution in [0.15, 0.2) is 12.7 Å². The Balaban J connectivity index is 2.00. The zero-order valence-electron chi connectivity index (χ0n) is 25.5. The molecule has 0 aromatic carbocycles. The fourth-order valence-corrected chi connectivity index (χ4v) is 9.19. The molecule has 3 aliphatic carbocycles. The lowest BCUT2D eigenvalue weighted by atomic mass is 9.46. The van der Waals surface area contributed by atoms with Crippen molar-refractivity contribution in [2.24, 2.45) is 29.6 Å². The molecule has 3 rings (SSSR count). The molecule has 36 heavy (non-hydrogen) atoms. The van der Waals surface area contributed by atoms with Crippen LogP contribution < -0.4 is 0 Å². The Morgan fingerprint density at radius 3 is 1.92 bits per heavy atom. The molecule has 0 bridgehead atoms. The van der Waals surface area contributed by atoms with Gasteiger partial charge in [0.05, 0.1) is 11.7 Å². The van der Waals surface area contributed by atoms with E-state index in [0.717, 1.165) is 12.8 Å². The van der Waals surface area contributed by atoms with E-state index in [1.165, 1.54) is 19.3 Å². The molecule has 0 amide bonds. The van der Waals surface area contributed by atoms with Crippen molar-refractivity contribution in [1.82, 2.24) is 0 Å². The summed E-state index contributed by atoms with van der Waals surface area (Å²) in [6.45, 7) is 31.7. The van der Waals surface area contributed by atoms with Gasteiger partial charge in [0.1, 0.15) is 5.60 Å². The van der Waals surface area contributed by atoms with E-state index in [-0.39, 0.29) is 33.9 Å². The summed E-state index contributed by atoms with van der Waals surface area (Å²) in [4.78, 5) is 0. The molecule has 3 nitrogen and oxygen atoms in total. The minimum Gasteiger partial charge on any atom is -0.413 e. The van der Waals surface area contributed by atoms with Gasteiger partial charge in [0.15, 0.2) is 16.6 Å². The molecule has 3 fully saturated rings. The van der Waals surface area contributed by atoms with E-state index in [1.54, 1.807) is 6.08 Å². The van der Waals surface area contributed by atoms with Gasteiger partial charge in [-0.05, 0) is 92.5 Å². The highest BCUT2D eigenvalue weighted by Crippen LogP contribution is 2.59. The van der Waals surface area contributed by atoms with Crippen LogP contribution in [0.25, 0.3) is 0 Å². The van der Waals surface area contributed by atoms with E-state index in [9.17, 15) is 5.11 Å². The van der Waals surface area contributed by atoms with Crippen molar-refractivity contribution in [2.45, 2.75) is 141 Å². The molecule has 0 saturated heterocycles. The first-order chi connectivity index (χ1) is 16.2. The van der Waals surface area contributed by atoms with Gasteiger partial charge in [-0.1, -0.05) is 72.8 Å². The predicted octanol–water partition coefficient (Wildman–Crippen LogP) is 8.17. The Labute approximate surface area is 225 Å². The third-order valence-electron chi connectivity index (χ3n) is 11.2. The summed E-state index contributed by atoms with van der Waals surface area (Å²) in [7, 11) is -3.95. The predicted molar refractivity (Wildman–Crippen MR) is 158 cm³/mol. The van der Waals surface area contributed by atoms with Gasteiger partial charge in [-0.25, -0.2) is 0 Å².